The first kappa shape index (κ1) is 8.56. The number of imidazole rings is 1. The van der Waals surface area contributed by atoms with Crippen molar-refractivity contribution < 1.29 is 4.42 Å². The lowest BCUT2D eigenvalue weighted by atomic mass is 10.4. The van der Waals surface area contributed by atoms with Gasteiger partial charge in [-0.15, -0.1) is 0 Å². The van der Waals surface area contributed by atoms with Crippen molar-refractivity contribution >= 4 is 15.9 Å². The van der Waals surface area contributed by atoms with E-state index in [-0.39, 0.29) is 0 Å². The van der Waals surface area contributed by atoms with Crippen LogP contribution in [0.15, 0.2) is 33.6 Å². The Kier molecular flexibility index (Phi) is 2.22. The van der Waals surface area contributed by atoms with Crippen molar-refractivity contribution in [2.24, 2.45) is 0 Å². The summed E-state index contributed by atoms with van der Waals surface area (Å²) >= 11 is 3.26. The van der Waals surface area contributed by atoms with Gasteiger partial charge in [-0.3, -0.25) is 0 Å². The van der Waals surface area contributed by atoms with Crippen LogP contribution in [0.5, 0.6) is 0 Å². The second-order valence-electron chi connectivity index (χ2n) is 2.81. The Morgan fingerprint density at radius 1 is 1.54 bits per heavy atom. The zero-order valence-corrected chi connectivity index (χ0v) is 8.78. The molecule has 68 valence electrons. The number of hydrogen-bond acceptors (Lipinski definition) is 2. The second kappa shape index (κ2) is 3.38. The van der Waals surface area contributed by atoms with Crippen molar-refractivity contribution in [3.8, 4) is 0 Å². The Morgan fingerprint density at radius 2 is 2.38 bits per heavy atom. The number of rotatable bonds is 2. The van der Waals surface area contributed by atoms with Gasteiger partial charge in [0.25, 0.3) is 0 Å². The smallest absolute Gasteiger partial charge is 0.169 e. The van der Waals surface area contributed by atoms with Gasteiger partial charge in [-0.1, -0.05) is 0 Å². The molecule has 2 rings (SSSR count). The molecule has 0 N–H and O–H groups in total. The number of hydrogen-bond donors (Lipinski definition) is 0. The molecule has 2 aromatic heterocycles. The topological polar surface area (TPSA) is 31.0 Å². The van der Waals surface area contributed by atoms with Gasteiger partial charge in [-0.2, -0.15) is 0 Å². The first-order valence-electron chi connectivity index (χ1n) is 3.97. The van der Waals surface area contributed by atoms with Crippen LogP contribution in [-0.2, 0) is 6.54 Å². The number of nitrogens with zero attached hydrogens (tertiary/aromatic N) is 2. The van der Waals surface area contributed by atoms with Crippen LogP contribution in [0.25, 0.3) is 0 Å². The van der Waals surface area contributed by atoms with Crippen molar-refractivity contribution in [2.45, 2.75) is 13.5 Å². The lowest BCUT2D eigenvalue weighted by Crippen LogP contribution is -1.99. The molecule has 0 unspecified atom stereocenters. The highest BCUT2D eigenvalue weighted by Crippen LogP contribution is 2.15. The van der Waals surface area contributed by atoms with Gasteiger partial charge in [0.2, 0.25) is 0 Å². The van der Waals surface area contributed by atoms with E-state index in [1.807, 2.05) is 29.8 Å². The average Bonchev–Trinajstić information content (AvgIpc) is 2.64. The summed E-state index contributed by atoms with van der Waals surface area (Å²) in [5, 5.41) is 0. The standard InChI is InChI=1S/C9H9BrN2O/c1-7-11-4-5-12(7)6-8-2-3-9(10)13-8/h2-5H,6H2,1H3. The molecule has 0 spiro atoms. The van der Waals surface area contributed by atoms with Crippen LogP contribution in [0.2, 0.25) is 0 Å². The lowest BCUT2D eigenvalue weighted by Gasteiger charge is -2.00. The van der Waals surface area contributed by atoms with Gasteiger partial charge in [-0.25, -0.2) is 4.98 Å². The van der Waals surface area contributed by atoms with Crippen LogP contribution in [-0.4, -0.2) is 9.55 Å². The minimum atomic E-state index is 0.734. The van der Waals surface area contributed by atoms with E-state index in [9.17, 15) is 0 Å². The normalized spacial score (nSPS) is 10.6. The molecule has 0 aliphatic rings. The van der Waals surface area contributed by atoms with E-state index in [2.05, 4.69) is 20.9 Å². The van der Waals surface area contributed by atoms with Crippen LogP contribution < -0.4 is 0 Å². The molecule has 0 aliphatic heterocycles. The quantitative estimate of drug-likeness (QED) is 0.809. The number of furan rings is 1. The van der Waals surface area contributed by atoms with Gasteiger partial charge in [0.1, 0.15) is 11.6 Å². The van der Waals surface area contributed by atoms with Crippen molar-refractivity contribution in [3.05, 3.63) is 40.8 Å². The van der Waals surface area contributed by atoms with Gasteiger partial charge in [0.15, 0.2) is 4.67 Å². The molecule has 0 radical (unpaired) electrons. The highest BCUT2D eigenvalue weighted by atomic mass is 79.9. The highest BCUT2D eigenvalue weighted by Gasteiger charge is 2.02. The zero-order valence-electron chi connectivity index (χ0n) is 7.20. The summed E-state index contributed by atoms with van der Waals surface area (Å²) in [4.78, 5) is 4.13. The monoisotopic (exact) mass is 240 g/mol. The summed E-state index contributed by atoms with van der Waals surface area (Å²) in [7, 11) is 0. The summed E-state index contributed by atoms with van der Waals surface area (Å²) < 4.78 is 8.18. The Morgan fingerprint density at radius 3 is 2.92 bits per heavy atom. The van der Waals surface area contributed by atoms with E-state index in [0.717, 1.165) is 22.8 Å². The zero-order chi connectivity index (χ0) is 9.26. The van der Waals surface area contributed by atoms with E-state index < -0.39 is 0 Å². The summed E-state index contributed by atoms with van der Waals surface area (Å²) in [5.41, 5.74) is 0. The number of aryl methyl sites for hydroxylation is 1. The van der Waals surface area contributed by atoms with Gasteiger partial charge >= 0.3 is 0 Å². The van der Waals surface area contributed by atoms with Crippen LogP contribution in [0, 0.1) is 6.92 Å². The fourth-order valence-corrected chi connectivity index (χ4v) is 1.52. The molecule has 4 heteroatoms. The van der Waals surface area contributed by atoms with Gasteiger partial charge < -0.3 is 8.98 Å². The van der Waals surface area contributed by atoms with E-state index in [1.165, 1.54) is 0 Å². The molecule has 0 bridgehead atoms. The molecule has 0 saturated carbocycles. The number of aromatic nitrogens is 2. The summed E-state index contributed by atoms with van der Waals surface area (Å²) in [6.07, 6.45) is 3.72. The third-order valence-corrected chi connectivity index (χ3v) is 2.30. The summed E-state index contributed by atoms with van der Waals surface area (Å²) in [6.45, 7) is 2.70. The maximum atomic E-state index is 5.38. The maximum absolute atomic E-state index is 5.38. The Bertz CT molecular complexity index is 405. The van der Waals surface area contributed by atoms with Crippen molar-refractivity contribution in [1.29, 1.82) is 0 Å². The third-order valence-electron chi connectivity index (χ3n) is 1.88. The molecule has 3 nitrogen and oxygen atoms in total. The fourth-order valence-electron chi connectivity index (χ4n) is 1.18. The molecule has 2 heterocycles. The summed E-state index contributed by atoms with van der Waals surface area (Å²) in [5.74, 6) is 1.92. The predicted molar refractivity (Wildman–Crippen MR) is 52.5 cm³/mol. The Hall–Kier alpha value is -1.03. The van der Waals surface area contributed by atoms with E-state index in [0.29, 0.717) is 0 Å². The van der Waals surface area contributed by atoms with Crippen molar-refractivity contribution in [2.75, 3.05) is 0 Å². The maximum Gasteiger partial charge on any atom is 0.169 e. The second-order valence-corrected chi connectivity index (χ2v) is 3.59. The molecule has 0 aromatic carbocycles. The van der Waals surface area contributed by atoms with Crippen LogP contribution in [0.3, 0.4) is 0 Å². The van der Waals surface area contributed by atoms with Gasteiger partial charge in [-0.05, 0) is 35.0 Å². The molecule has 13 heavy (non-hydrogen) atoms. The molecule has 0 amide bonds. The van der Waals surface area contributed by atoms with Gasteiger partial charge in [0, 0.05) is 12.4 Å². The Labute approximate surface area is 84.5 Å². The minimum absolute atomic E-state index is 0.734. The average molecular weight is 241 g/mol. The fraction of sp³-hybridized carbons (Fsp3) is 0.222. The molecule has 0 aliphatic carbocycles. The number of halogens is 1. The van der Waals surface area contributed by atoms with Crippen molar-refractivity contribution in [3.63, 3.8) is 0 Å². The minimum Gasteiger partial charge on any atom is -0.452 e. The lowest BCUT2D eigenvalue weighted by molar-refractivity contribution is 0.472. The molecule has 0 fully saturated rings. The van der Waals surface area contributed by atoms with E-state index in [4.69, 9.17) is 4.42 Å². The SMILES string of the molecule is Cc1nccn1Cc1ccc(Br)o1. The predicted octanol–water partition coefficient (Wildman–Crippen LogP) is 2.60. The first-order chi connectivity index (χ1) is 6.25. The van der Waals surface area contributed by atoms with E-state index in [1.54, 1.807) is 6.20 Å². The molecular formula is C9H9BrN2O. The van der Waals surface area contributed by atoms with Gasteiger partial charge in [0.05, 0.1) is 6.54 Å². The van der Waals surface area contributed by atoms with Crippen LogP contribution in [0.4, 0.5) is 0 Å². The van der Waals surface area contributed by atoms with Crippen molar-refractivity contribution in [1.82, 2.24) is 9.55 Å². The third kappa shape index (κ3) is 1.83. The van der Waals surface area contributed by atoms with Crippen LogP contribution >= 0.6 is 15.9 Å². The first-order valence-corrected chi connectivity index (χ1v) is 4.77. The largest absolute Gasteiger partial charge is 0.452 e. The summed E-state index contributed by atoms with van der Waals surface area (Å²) in [6, 6.07) is 3.84. The highest BCUT2D eigenvalue weighted by molar-refractivity contribution is 9.10. The molecule has 0 saturated heterocycles. The molecule has 2 aromatic rings. The van der Waals surface area contributed by atoms with Crippen LogP contribution in [0.1, 0.15) is 11.6 Å². The molecule has 0 atom stereocenters. The van der Waals surface area contributed by atoms with E-state index >= 15 is 0 Å². The molecular weight excluding hydrogens is 232 g/mol. The Balaban J connectivity index is 2.19.